The summed E-state index contributed by atoms with van der Waals surface area (Å²) in [5.41, 5.74) is 3.75. The van der Waals surface area contributed by atoms with E-state index in [2.05, 4.69) is 70.3 Å². The monoisotopic (exact) mass is 325 g/mol. The highest BCUT2D eigenvalue weighted by molar-refractivity contribution is 5.50. The first-order valence-corrected chi connectivity index (χ1v) is 9.25. The van der Waals surface area contributed by atoms with E-state index in [-0.39, 0.29) is 0 Å². The predicted octanol–water partition coefficient (Wildman–Crippen LogP) is 6.94. The molecule has 2 atom stereocenters. The molecule has 2 nitrogen and oxygen atoms in total. The van der Waals surface area contributed by atoms with Crippen LogP contribution in [-0.2, 0) is 0 Å². The van der Waals surface area contributed by atoms with Crippen LogP contribution in [0, 0.1) is 0 Å². The molecule has 0 aliphatic carbocycles. The Morgan fingerprint density at radius 3 is 1.83 bits per heavy atom. The highest BCUT2D eigenvalue weighted by Gasteiger charge is 2.18. The summed E-state index contributed by atoms with van der Waals surface area (Å²) in [6, 6.07) is 14.8. The van der Waals surface area contributed by atoms with Crippen LogP contribution in [0.5, 0.6) is 11.5 Å². The van der Waals surface area contributed by atoms with E-state index in [9.17, 15) is 0 Å². The molecule has 0 fully saturated rings. The van der Waals surface area contributed by atoms with Crippen molar-refractivity contribution in [3.63, 3.8) is 0 Å². The minimum atomic E-state index is 0.491. The van der Waals surface area contributed by atoms with E-state index in [4.69, 9.17) is 4.74 Å². The summed E-state index contributed by atoms with van der Waals surface area (Å²) in [7, 11) is 0. The smallest absolute Gasteiger partial charge is 0.134 e. The van der Waals surface area contributed by atoms with Crippen molar-refractivity contribution in [2.24, 2.45) is 0 Å². The lowest BCUT2D eigenvalue weighted by atomic mass is 9.90. The SMILES string of the molecule is CCNc1ccc(Oc2c(C(C)CC)cccc2C(C)CC)cc1. The van der Waals surface area contributed by atoms with Crippen molar-refractivity contribution < 1.29 is 4.74 Å². The standard InChI is InChI=1S/C22H31NO/c1-6-16(4)20-10-9-11-21(17(5)7-2)22(20)24-19-14-12-18(13-15-19)23-8-3/h9-17,23H,6-8H2,1-5H3. The average Bonchev–Trinajstić information content (AvgIpc) is 2.62. The number of para-hydroxylation sites is 1. The van der Waals surface area contributed by atoms with Gasteiger partial charge in [-0.15, -0.1) is 0 Å². The van der Waals surface area contributed by atoms with E-state index < -0.39 is 0 Å². The molecule has 130 valence electrons. The van der Waals surface area contributed by atoms with Gasteiger partial charge in [0.05, 0.1) is 0 Å². The Balaban J connectivity index is 2.38. The molecule has 1 N–H and O–H groups in total. The number of anilines is 1. The second-order valence-electron chi connectivity index (χ2n) is 6.54. The van der Waals surface area contributed by atoms with Crippen LogP contribution in [0.25, 0.3) is 0 Å². The topological polar surface area (TPSA) is 21.3 Å². The Labute approximate surface area is 147 Å². The Bertz CT molecular complexity index is 605. The van der Waals surface area contributed by atoms with Crippen molar-refractivity contribution in [3.05, 3.63) is 53.6 Å². The molecule has 0 saturated carbocycles. The van der Waals surface area contributed by atoms with Gasteiger partial charge >= 0.3 is 0 Å². The Kier molecular flexibility index (Phi) is 6.72. The molecule has 0 bridgehead atoms. The van der Waals surface area contributed by atoms with Crippen molar-refractivity contribution in [2.75, 3.05) is 11.9 Å². The van der Waals surface area contributed by atoms with Gasteiger partial charge in [0, 0.05) is 12.2 Å². The molecule has 0 spiro atoms. The number of hydrogen-bond donors (Lipinski definition) is 1. The zero-order valence-corrected chi connectivity index (χ0v) is 15.7. The largest absolute Gasteiger partial charge is 0.457 e. The summed E-state index contributed by atoms with van der Waals surface area (Å²) < 4.78 is 6.39. The van der Waals surface area contributed by atoms with Gasteiger partial charge in [-0.3, -0.25) is 0 Å². The summed E-state index contributed by atoms with van der Waals surface area (Å²) >= 11 is 0. The fourth-order valence-corrected chi connectivity index (χ4v) is 2.87. The van der Waals surface area contributed by atoms with Crippen molar-refractivity contribution >= 4 is 5.69 Å². The van der Waals surface area contributed by atoms with Crippen LogP contribution >= 0.6 is 0 Å². The lowest BCUT2D eigenvalue weighted by molar-refractivity contribution is 0.458. The third-order valence-corrected chi connectivity index (χ3v) is 4.82. The van der Waals surface area contributed by atoms with Gasteiger partial charge in [0.25, 0.3) is 0 Å². The van der Waals surface area contributed by atoms with E-state index >= 15 is 0 Å². The number of hydrogen-bond acceptors (Lipinski definition) is 2. The van der Waals surface area contributed by atoms with Crippen molar-refractivity contribution in [2.45, 2.75) is 59.3 Å². The van der Waals surface area contributed by atoms with Gasteiger partial charge in [0.15, 0.2) is 0 Å². The lowest BCUT2D eigenvalue weighted by Crippen LogP contribution is -2.03. The van der Waals surface area contributed by atoms with Gasteiger partial charge in [-0.25, -0.2) is 0 Å². The number of nitrogens with one attached hydrogen (secondary N) is 1. The quantitative estimate of drug-likeness (QED) is 0.567. The Morgan fingerprint density at radius 1 is 0.833 bits per heavy atom. The van der Waals surface area contributed by atoms with Crippen LogP contribution in [0.4, 0.5) is 5.69 Å². The molecule has 0 aromatic heterocycles. The molecule has 2 aromatic rings. The Morgan fingerprint density at radius 2 is 1.38 bits per heavy atom. The fraction of sp³-hybridized carbons (Fsp3) is 0.455. The van der Waals surface area contributed by atoms with Crippen LogP contribution in [0.1, 0.15) is 70.4 Å². The zero-order valence-electron chi connectivity index (χ0n) is 15.7. The van der Waals surface area contributed by atoms with Gasteiger partial charge in [0.1, 0.15) is 11.5 Å². The first-order valence-electron chi connectivity index (χ1n) is 9.25. The van der Waals surface area contributed by atoms with Crippen molar-refractivity contribution in [3.8, 4) is 11.5 Å². The second kappa shape index (κ2) is 8.77. The molecule has 0 aliphatic heterocycles. The summed E-state index contributed by atoms with van der Waals surface area (Å²) in [6.07, 6.45) is 2.22. The Hall–Kier alpha value is -1.96. The van der Waals surface area contributed by atoms with Crippen LogP contribution in [-0.4, -0.2) is 6.54 Å². The molecule has 2 unspecified atom stereocenters. The molecule has 0 aliphatic rings. The molecule has 0 heterocycles. The van der Waals surface area contributed by atoms with E-state index in [1.54, 1.807) is 0 Å². The molecule has 2 rings (SSSR count). The highest BCUT2D eigenvalue weighted by Crippen LogP contribution is 2.39. The summed E-state index contributed by atoms with van der Waals surface area (Å²) in [5, 5.41) is 3.32. The predicted molar refractivity (Wildman–Crippen MR) is 105 cm³/mol. The van der Waals surface area contributed by atoms with Gasteiger partial charge in [-0.1, -0.05) is 45.9 Å². The average molecular weight is 325 g/mol. The number of benzene rings is 2. The van der Waals surface area contributed by atoms with Gasteiger partial charge < -0.3 is 10.1 Å². The molecule has 0 radical (unpaired) electrons. The van der Waals surface area contributed by atoms with Gasteiger partial charge in [0.2, 0.25) is 0 Å². The normalized spacial score (nSPS) is 13.4. The summed E-state index contributed by atoms with van der Waals surface area (Å²) in [6.45, 7) is 12.0. The minimum Gasteiger partial charge on any atom is -0.457 e. The molecular formula is C22H31NO. The molecule has 24 heavy (non-hydrogen) atoms. The summed E-state index contributed by atoms with van der Waals surface area (Å²) in [4.78, 5) is 0. The zero-order chi connectivity index (χ0) is 17.5. The van der Waals surface area contributed by atoms with E-state index in [0.29, 0.717) is 11.8 Å². The molecule has 2 heteroatoms. The summed E-state index contributed by atoms with van der Waals surface area (Å²) in [5.74, 6) is 2.93. The van der Waals surface area contributed by atoms with Crippen molar-refractivity contribution in [1.29, 1.82) is 0 Å². The van der Waals surface area contributed by atoms with Gasteiger partial charge in [-0.05, 0) is 67.0 Å². The highest BCUT2D eigenvalue weighted by atomic mass is 16.5. The maximum Gasteiger partial charge on any atom is 0.134 e. The van der Waals surface area contributed by atoms with E-state index in [1.807, 2.05) is 12.1 Å². The third kappa shape index (κ3) is 4.31. The fourth-order valence-electron chi connectivity index (χ4n) is 2.87. The van der Waals surface area contributed by atoms with Crippen LogP contribution < -0.4 is 10.1 Å². The number of ether oxygens (including phenoxy) is 1. The first-order chi connectivity index (χ1) is 11.6. The van der Waals surface area contributed by atoms with Crippen LogP contribution in [0.3, 0.4) is 0 Å². The first kappa shape index (κ1) is 18.4. The van der Waals surface area contributed by atoms with Crippen LogP contribution in [0.2, 0.25) is 0 Å². The van der Waals surface area contributed by atoms with Gasteiger partial charge in [-0.2, -0.15) is 0 Å². The maximum absolute atomic E-state index is 6.39. The van der Waals surface area contributed by atoms with E-state index in [1.165, 1.54) is 11.1 Å². The molecule has 0 amide bonds. The second-order valence-corrected chi connectivity index (χ2v) is 6.54. The molecular weight excluding hydrogens is 294 g/mol. The van der Waals surface area contributed by atoms with Crippen molar-refractivity contribution in [1.82, 2.24) is 0 Å². The third-order valence-electron chi connectivity index (χ3n) is 4.82. The molecule has 0 saturated heterocycles. The lowest BCUT2D eigenvalue weighted by Gasteiger charge is -2.22. The maximum atomic E-state index is 6.39. The number of rotatable bonds is 8. The van der Waals surface area contributed by atoms with Crippen LogP contribution in [0.15, 0.2) is 42.5 Å². The van der Waals surface area contributed by atoms with E-state index in [0.717, 1.165) is 36.6 Å². The minimum absolute atomic E-state index is 0.491. The molecule has 2 aromatic carbocycles.